The molecule has 0 unspecified atom stereocenters. The molecule has 18 heavy (non-hydrogen) atoms. The Morgan fingerprint density at radius 1 is 1.44 bits per heavy atom. The Balaban J connectivity index is 3.13. The van der Waals surface area contributed by atoms with Crippen LogP contribution in [0.5, 0.6) is 5.75 Å². The van der Waals surface area contributed by atoms with Gasteiger partial charge in [0.2, 0.25) is 0 Å². The minimum absolute atomic E-state index is 0.00382. The van der Waals surface area contributed by atoms with Gasteiger partial charge >= 0.3 is 6.09 Å². The monoisotopic (exact) mass is 291 g/mol. The maximum Gasteiger partial charge on any atom is 0.412 e. The largest absolute Gasteiger partial charge is 0.412 e. The topological polar surface area (TPSA) is 72.5 Å². The number of halogens is 1. The number of carbonyl (C=O) groups is 1. The van der Waals surface area contributed by atoms with Crippen molar-refractivity contribution in [2.75, 3.05) is 12.8 Å². The summed E-state index contributed by atoms with van der Waals surface area (Å²) in [5.41, 5.74) is 0. The number of hydrogen-bond donors (Lipinski definition) is 1. The molecule has 0 saturated heterocycles. The summed E-state index contributed by atoms with van der Waals surface area (Å²) in [6.07, 6.45) is -0.185. The van der Waals surface area contributed by atoms with E-state index in [1.807, 2.05) is 0 Å². The van der Waals surface area contributed by atoms with Gasteiger partial charge in [-0.1, -0.05) is 18.5 Å². The van der Waals surface area contributed by atoms with Crippen LogP contribution in [-0.4, -0.2) is 27.3 Å². The van der Waals surface area contributed by atoms with Crippen molar-refractivity contribution in [2.24, 2.45) is 0 Å². The zero-order valence-corrected chi connectivity index (χ0v) is 11.6. The van der Waals surface area contributed by atoms with Gasteiger partial charge in [-0.15, -0.1) is 0 Å². The number of amides is 1. The van der Waals surface area contributed by atoms with Gasteiger partial charge in [0.15, 0.2) is 9.84 Å². The van der Waals surface area contributed by atoms with E-state index in [1.165, 1.54) is 25.2 Å². The van der Waals surface area contributed by atoms with E-state index in [0.717, 1.165) is 0 Å². The van der Waals surface area contributed by atoms with Gasteiger partial charge in [0, 0.05) is 13.1 Å². The Morgan fingerprint density at radius 2 is 2.11 bits per heavy atom. The lowest BCUT2D eigenvalue weighted by Gasteiger charge is -2.08. The number of carbonyl (C=O) groups excluding carboxylic acids is 1. The van der Waals surface area contributed by atoms with Crippen LogP contribution in [0.2, 0.25) is 5.02 Å². The van der Waals surface area contributed by atoms with E-state index in [4.69, 9.17) is 16.3 Å². The molecule has 7 heteroatoms. The van der Waals surface area contributed by atoms with E-state index in [2.05, 4.69) is 5.32 Å². The second-order valence-corrected chi connectivity index (χ2v) is 6.04. The van der Waals surface area contributed by atoms with E-state index in [-0.39, 0.29) is 21.4 Å². The maximum absolute atomic E-state index is 11.9. The molecule has 0 fully saturated rings. The van der Waals surface area contributed by atoms with Crippen molar-refractivity contribution in [1.29, 1.82) is 0 Å². The van der Waals surface area contributed by atoms with Gasteiger partial charge in [0.25, 0.3) is 0 Å². The third-order valence-electron chi connectivity index (χ3n) is 2.13. The fourth-order valence-electron chi connectivity index (χ4n) is 1.32. The standard InChI is InChI=1S/C11H14ClNO4S/c1-3-6-18(15,16)10-7-8(4-5-9(10)12)17-11(14)13-2/h4-5,7H,3,6H2,1-2H3,(H,13,14). The number of nitrogens with one attached hydrogen (secondary N) is 1. The van der Waals surface area contributed by atoms with Gasteiger partial charge in [-0.25, -0.2) is 13.2 Å². The highest BCUT2D eigenvalue weighted by molar-refractivity contribution is 7.91. The van der Waals surface area contributed by atoms with Gasteiger partial charge in [0.1, 0.15) is 5.75 Å². The fourth-order valence-corrected chi connectivity index (χ4v) is 3.21. The molecule has 0 bridgehead atoms. The van der Waals surface area contributed by atoms with E-state index < -0.39 is 15.9 Å². The first kappa shape index (κ1) is 14.8. The molecule has 0 aliphatic rings. The molecule has 0 spiro atoms. The summed E-state index contributed by atoms with van der Waals surface area (Å²) in [5, 5.41) is 2.39. The SMILES string of the molecule is CCCS(=O)(=O)c1cc(OC(=O)NC)ccc1Cl. The first-order valence-electron chi connectivity index (χ1n) is 5.32. The molecule has 0 atom stereocenters. The van der Waals surface area contributed by atoms with Crippen LogP contribution in [0.3, 0.4) is 0 Å². The Kier molecular flexibility index (Phi) is 4.98. The molecular weight excluding hydrogens is 278 g/mol. The van der Waals surface area contributed by atoms with Crippen LogP contribution < -0.4 is 10.1 Å². The summed E-state index contributed by atoms with van der Waals surface area (Å²) >= 11 is 5.85. The molecule has 1 rings (SSSR count). The predicted molar refractivity (Wildman–Crippen MR) is 68.9 cm³/mol. The lowest BCUT2D eigenvalue weighted by molar-refractivity contribution is 0.203. The van der Waals surface area contributed by atoms with Crippen LogP contribution in [-0.2, 0) is 9.84 Å². The van der Waals surface area contributed by atoms with Crippen LogP contribution in [0.4, 0.5) is 4.79 Å². The third-order valence-corrected chi connectivity index (χ3v) is 4.52. The van der Waals surface area contributed by atoms with Crippen LogP contribution in [0.1, 0.15) is 13.3 Å². The third kappa shape index (κ3) is 3.61. The molecule has 5 nitrogen and oxygen atoms in total. The second-order valence-electron chi connectivity index (χ2n) is 3.55. The zero-order valence-electron chi connectivity index (χ0n) is 10.1. The Labute approximate surface area is 111 Å². The smallest absolute Gasteiger partial charge is 0.410 e. The summed E-state index contributed by atoms with van der Waals surface area (Å²) in [6, 6.07) is 4.08. The predicted octanol–water partition coefficient (Wildman–Crippen LogP) is 2.24. The quantitative estimate of drug-likeness (QED) is 0.923. The highest BCUT2D eigenvalue weighted by atomic mass is 35.5. The summed E-state index contributed by atoms with van der Waals surface area (Å²) in [4.78, 5) is 11.0. The van der Waals surface area contributed by atoms with Crippen molar-refractivity contribution in [3.63, 3.8) is 0 Å². The summed E-state index contributed by atoms with van der Waals surface area (Å²) in [7, 11) is -2.04. The fraction of sp³-hybridized carbons (Fsp3) is 0.364. The molecule has 1 N–H and O–H groups in total. The van der Waals surface area contributed by atoms with Crippen molar-refractivity contribution >= 4 is 27.5 Å². The van der Waals surface area contributed by atoms with E-state index >= 15 is 0 Å². The van der Waals surface area contributed by atoms with E-state index in [0.29, 0.717) is 6.42 Å². The molecule has 1 aromatic rings. The normalized spacial score (nSPS) is 11.1. The Morgan fingerprint density at radius 3 is 2.67 bits per heavy atom. The van der Waals surface area contributed by atoms with Gasteiger partial charge < -0.3 is 10.1 Å². The van der Waals surface area contributed by atoms with Crippen LogP contribution in [0.15, 0.2) is 23.1 Å². The minimum atomic E-state index is -3.45. The zero-order chi connectivity index (χ0) is 13.8. The molecule has 100 valence electrons. The molecule has 0 aromatic heterocycles. The molecule has 1 amide bonds. The van der Waals surface area contributed by atoms with Crippen molar-refractivity contribution in [1.82, 2.24) is 5.32 Å². The van der Waals surface area contributed by atoms with Crippen molar-refractivity contribution in [3.05, 3.63) is 23.2 Å². The van der Waals surface area contributed by atoms with Gasteiger partial charge in [-0.3, -0.25) is 0 Å². The first-order chi connectivity index (χ1) is 8.40. The average Bonchev–Trinajstić information content (AvgIpc) is 2.31. The molecule has 0 saturated carbocycles. The van der Waals surface area contributed by atoms with Gasteiger partial charge in [-0.05, 0) is 18.6 Å². The number of sulfone groups is 1. The highest BCUT2D eigenvalue weighted by Gasteiger charge is 2.18. The number of rotatable bonds is 4. The molecule has 0 aliphatic heterocycles. The number of hydrogen-bond acceptors (Lipinski definition) is 4. The summed E-state index contributed by atoms with van der Waals surface area (Å²) < 4.78 is 28.7. The number of benzene rings is 1. The number of ether oxygens (including phenoxy) is 1. The molecule has 0 aliphatic carbocycles. The summed E-state index contributed by atoms with van der Waals surface area (Å²) in [5.74, 6) is 0.129. The van der Waals surface area contributed by atoms with Gasteiger partial charge in [-0.2, -0.15) is 0 Å². The maximum atomic E-state index is 11.9. The lowest BCUT2D eigenvalue weighted by Crippen LogP contribution is -2.22. The molecule has 0 heterocycles. The molecule has 1 aromatic carbocycles. The second kappa shape index (κ2) is 6.06. The van der Waals surface area contributed by atoms with Crippen molar-refractivity contribution in [2.45, 2.75) is 18.2 Å². The Bertz CT molecular complexity index is 542. The van der Waals surface area contributed by atoms with Crippen molar-refractivity contribution in [3.8, 4) is 5.75 Å². The molecular formula is C11H14ClNO4S. The van der Waals surface area contributed by atoms with E-state index in [9.17, 15) is 13.2 Å². The highest BCUT2D eigenvalue weighted by Crippen LogP contribution is 2.27. The summed E-state index contributed by atoms with van der Waals surface area (Å²) in [6.45, 7) is 1.76. The van der Waals surface area contributed by atoms with Crippen LogP contribution in [0, 0.1) is 0 Å². The van der Waals surface area contributed by atoms with Crippen LogP contribution in [0.25, 0.3) is 0 Å². The minimum Gasteiger partial charge on any atom is -0.410 e. The van der Waals surface area contributed by atoms with Gasteiger partial charge in [0.05, 0.1) is 15.7 Å². The van der Waals surface area contributed by atoms with Crippen LogP contribution >= 0.6 is 11.6 Å². The first-order valence-corrected chi connectivity index (χ1v) is 7.35. The average molecular weight is 292 g/mol. The molecule has 0 radical (unpaired) electrons. The lowest BCUT2D eigenvalue weighted by atomic mass is 10.3. The van der Waals surface area contributed by atoms with Crippen molar-refractivity contribution < 1.29 is 17.9 Å². The van der Waals surface area contributed by atoms with E-state index in [1.54, 1.807) is 6.92 Å². The Hall–Kier alpha value is -1.27.